The van der Waals surface area contributed by atoms with E-state index in [1.807, 2.05) is 30.4 Å². The third-order valence-corrected chi connectivity index (χ3v) is 13.3. The highest BCUT2D eigenvalue weighted by atomic mass is 16.7. The van der Waals surface area contributed by atoms with Gasteiger partial charge in [-0.3, -0.25) is 9.59 Å². The molecule has 1 aliphatic rings. The van der Waals surface area contributed by atoms with Crippen molar-refractivity contribution in [1.29, 1.82) is 0 Å². The van der Waals surface area contributed by atoms with E-state index in [1.54, 1.807) is 6.08 Å². The van der Waals surface area contributed by atoms with Crippen molar-refractivity contribution in [3.63, 3.8) is 0 Å². The molecule has 1 heterocycles. The summed E-state index contributed by atoms with van der Waals surface area (Å²) in [7, 11) is 0. The third kappa shape index (κ3) is 38.1. The van der Waals surface area contributed by atoms with E-state index in [1.165, 1.54) is 83.5 Å². The van der Waals surface area contributed by atoms with Crippen molar-refractivity contribution >= 4 is 11.9 Å². The van der Waals surface area contributed by atoms with Crippen LogP contribution in [0.3, 0.4) is 0 Å². The fourth-order valence-electron chi connectivity index (χ4n) is 8.66. The minimum atomic E-state index is -1.63. The summed E-state index contributed by atoms with van der Waals surface area (Å²) in [5, 5.41) is 56.8. The van der Waals surface area contributed by atoms with Gasteiger partial charge in [0.1, 0.15) is 24.4 Å². The summed E-state index contributed by atoms with van der Waals surface area (Å²) in [4.78, 5) is 26.5. The number of amides is 1. The molecule has 11 nitrogen and oxygen atoms in total. The molecule has 0 aromatic heterocycles. The molecule has 73 heavy (non-hydrogen) atoms. The van der Waals surface area contributed by atoms with E-state index in [0.717, 1.165) is 103 Å². The van der Waals surface area contributed by atoms with Gasteiger partial charge < -0.3 is 45.1 Å². The van der Waals surface area contributed by atoms with E-state index in [2.05, 4.69) is 74.7 Å². The van der Waals surface area contributed by atoms with Gasteiger partial charge in [0.25, 0.3) is 0 Å². The SMILES string of the molecule is CC/C=C/C=C/C=C\CCCCCCC(O)C(=O)NC(COC1OC(CO)C(O)C(O)C1OC(=O)CCCCCCCC/C=C\C/C=C\C/C=C\CCCCC)C(O)/C=C/CCCCCCCCCCCCC. The average Bonchev–Trinajstić information content (AvgIpc) is 3.39. The van der Waals surface area contributed by atoms with Gasteiger partial charge in [-0.05, 0) is 83.5 Å². The van der Waals surface area contributed by atoms with Crippen molar-refractivity contribution in [3.05, 3.63) is 85.1 Å². The largest absolute Gasteiger partial charge is 0.454 e. The summed E-state index contributed by atoms with van der Waals surface area (Å²) < 4.78 is 17.6. The quantitative estimate of drug-likeness (QED) is 0.0149. The second-order valence-electron chi connectivity index (χ2n) is 20.1. The topological polar surface area (TPSA) is 175 Å². The van der Waals surface area contributed by atoms with E-state index in [0.29, 0.717) is 12.8 Å². The number of rotatable bonds is 48. The van der Waals surface area contributed by atoms with Crippen molar-refractivity contribution in [1.82, 2.24) is 5.32 Å². The van der Waals surface area contributed by atoms with Crippen LogP contribution in [0.15, 0.2) is 85.1 Å². The number of aliphatic hydroxyl groups is 5. The van der Waals surface area contributed by atoms with Crippen LogP contribution in [-0.4, -0.2) is 99.6 Å². The second kappa shape index (κ2) is 49.7. The lowest BCUT2D eigenvalue weighted by Crippen LogP contribution is -2.61. The smallest absolute Gasteiger partial charge is 0.306 e. The molecule has 0 radical (unpaired) electrons. The summed E-state index contributed by atoms with van der Waals surface area (Å²) in [6.07, 6.45) is 53.3. The Morgan fingerprint density at radius 2 is 1.04 bits per heavy atom. The van der Waals surface area contributed by atoms with Gasteiger partial charge in [-0.15, -0.1) is 0 Å². The van der Waals surface area contributed by atoms with Crippen LogP contribution in [0.25, 0.3) is 0 Å². The van der Waals surface area contributed by atoms with E-state index in [4.69, 9.17) is 14.2 Å². The van der Waals surface area contributed by atoms with Crippen molar-refractivity contribution in [3.8, 4) is 0 Å². The maximum absolute atomic E-state index is 13.4. The van der Waals surface area contributed by atoms with Gasteiger partial charge in [0.15, 0.2) is 12.4 Å². The Balaban J connectivity index is 2.73. The Kier molecular flexibility index (Phi) is 46.2. The maximum atomic E-state index is 13.4. The molecule has 6 N–H and O–H groups in total. The molecule has 1 rings (SSSR count). The van der Waals surface area contributed by atoms with Crippen molar-refractivity contribution in [2.45, 2.75) is 282 Å². The Morgan fingerprint density at radius 1 is 0.562 bits per heavy atom. The first-order valence-corrected chi connectivity index (χ1v) is 29.4. The number of ether oxygens (including phenoxy) is 3. The molecule has 0 aromatic rings. The fourth-order valence-corrected chi connectivity index (χ4v) is 8.66. The number of esters is 1. The summed E-state index contributed by atoms with van der Waals surface area (Å²) in [5.74, 6) is -1.23. The lowest BCUT2D eigenvalue weighted by atomic mass is 9.99. The van der Waals surface area contributed by atoms with Crippen LogP contribution in [-0.2, 0) is 23.8 Å². The number of aliphatic hydroxyl groups excluding tert-OH is 5. The molecule has 8 unspecified atom stereocenters. The Labute approximate surface area is 444 Å². The molecule has 11 heteroatoms. The molecule has 420 valence electrons. The number of carbonyl (C=O) groups is 2. The Hall–Kier alpha value is -3.16. The van der Waals surface area contributed by atoms with Crippen LogP contribution in [0.4, 0.5) is 0 Å². The van der Waals surface area contributed by atoms with Gasteiger partial charge in [0.05, 0.1) is 25.4 Å². The van der Waals surface area contributed by atoms with Crippen LogP contribution in [0.5, 0.6) is 0 Å². The van der Waals surface area contributed by atoms with E-state index >= 15 is 0 Å². The lowest BCUT2D eigenvalue weighted by Gasteiger charge is -2.41. The van der Waals surface area contributed by atoms with Crippen LogP contribution in [0.1, 0.15) is 233 Å². The predicted octanol–water partition coefficient (Wildman–Crippen LogP) is 13.4. The zero-order chi connectivity index (χ0) is 53.3. The van der Waals surface area contributed by atoms with Gasteiger partial charge in [-0.25, -0.2) is 0 Å². The molecular formula is C62H107NO10. The Morgan fingerprint density at radius 3 is 1.62 bits per heavy atom. The molecule has 0 aromatic carbocycles. The van der Waals surface area contributed by atoms with Crippen molar-refractivity contribution in [2.24, 2.45) is 0 Å². The zero-order valence-corrected chi connectivity index (χ0v) is 46.2. The van der Waals surface area contributed by atoms with Crippen LogP contribution < -0.4 is 5.32 Å². The van der Waals surface area contributed by atoms with E-state index < -0.39 is 67.4 Å². The summed E-state index contributed by atoms with van der Waals surface area (Å²) in [5.41, 5.74) is 0. The highest BCUT2D eigenvalue weighted by molar-refractivity contribution is 5.80. The van der Waals surface area contributed by atoms with E-state index in [9.17, 15) is 35.1 Å². The van der Waals surface area contributed by atoms with Crippen LogP contribution >= 0.6 is 0 Å². The Bertz CT molecular complexity index is 1510. The molecule has 0 aliphatic carbocycles. The van der Waals surface area contributed by atoms with Gasteiger partial charge in [-0.2, -0.15) is 0 Å². The number of unbranched alkanes of at least 4 members (excludes halogenated alkanes) is 24. The first-order valence-electron chi connectivity index (χ1n) is 29.4. The second-order valence-corrected chi connectivity index (χ2v) is 20.1. The zero-order valence-electron chi connectivity index (χ0n) is 46.2. The monoisotopic (exact) mass is 1030 g/mol. The maximum Gasteiger partial charge on any atom is 0.306 e. The molecule has 0 bridgehead atoms. The van der Waals surface area contributed by atoms with Crippen molar-refractivity contribution in [2.75, 3.05) is 13.2 Å². The number of hydrogen-bond acceptors (Lipinski definition) is 10. The van der Waals surface area contributed by atoms with Gasteiger partial charge in [0.2, 0.25) is 5.91 Å². The summed E-state index contributed by atoms with van der Waals surface area (Å²) in [6, 6.07) is -1.04. The van der Waals surface area contributed by atoms with Crippen LogP contribution in [0, 0.1) is 0 Å². The van der Waals surface area contributed by atoms with E-state index in [-0.39, 0.29) is 19.4 Å². The normalized spacial score (nSPS) is 20.0. The molecule has 1 saturated heterocycles. The molecular weight excluding hydrogens is 919 g/mol. The average molecular weight is 1030 g/mol. The minimum absolute atomic E-state index is 0.103. The molecule has 1 aliphatic heterocycles. The van der Waals surface area contributed by atoms with Gasteiger partial charge in [0, 0.05) is 6.42 Å². The standard InChI is InChI=1S/C62H107NO10/c1-4-7-10-13-16-19-22-25-26-27-28-29-30-32-35-38-41-44-47-50-57(67)73-60-59(69)58(68)56(51-64)72-62(60)71-52-53(54(65)48-45-42-39-36-34-31-23-20-17-14-11-8-5-2)63-61(70)55(66)49-46-43-40-37-33-24-21-18-15-12-9-6-3/h9,12,15-16,18-19,21,24-26,28-29,45,48,53-56,58-60,62,64-66,68-69H,4-8,10-11,13-14,17,20,22-23,27,30-44,46-47,49-52H2,1-3H3,(H,63,70)/b12-9+,18-15+,19-16-,24-21-,26-25-,29-28-,48-45+. The highest BCUT2D eigenvalue weighted by Gasteiger charge is 2.47. The first kappa shape index (κ1) is 67.9. The first-order chi connectivity index (χ1) is 35.7. The number of hydrogen-bond donors (Lipinski definition) is 6. The number of allylic oxidation sites excluding steroid dienone is 13. The molecule has 1 fully saturated rings. The fraction of sp³-hybridized carbons (Fsp3) is 0.742. The highest BCUT2D eigenvalue weighted by Crippen LogP contribution is 2.26. The molecule has 1 amide bonds. The van der Waals surface area contributed by atoms with Crippen molar-refractivity contribution < 1.29 is 49.3 Å². The van der Waals surface area contributed by atoms with Gasteiger partial charge >= 0.3 is 5.97 Å². The molecule has 8 atom stereocenters. The summed E-state index contributed by atoms with van der Waals surface area (Å²) >= 11 is 0. The van der Waals surface area contributed by atoms with Crippen LogP contribution in [0.2, 0.25) is 0 Å². The summed E-state index contributed by atoms with van der Waals surface area (Å²) in [6.45, 7) is 5.59. The third-order valence-electron chi connectivity index (χ3n) is 13.3. The predicted molar refractivity (Wildman–Crippen MR) is 301 cm³/mol. The van der Waals surface area contributed by atoms with Gasteiger partial charge in [-0.1, -0.05) is 228 Å². The molecule has 0 spiro atoms. The number of carbonyl (C=O) groups excluding carboxylic acids is 2. The minimum Gasteiger partial charge on any atom is -0.454 e. The molecule has 0 saturated carbocycles. The lowest BCUT2D eigenvalue weighted by molar-refractivity contribution is -0.305. The number of nitrogens with one attached hydrogen (secondary N) is 1.